The Balaban J connectivity index is 2.48. The molecule has 2 atom stereocenters. The van der Waals surface area contributed by atoms with Crippen LogP contribution in [0.15, 0.2) is 0 Å². The van der Waals surface area contributed by atoms with Crippen LogP contribution < -0.4 is 5.32 Å². The molecule has 0 radical (unpaired) electrons. The fourth-order valence-corrected chi connectivity index (χ4v) is 2.00. The molecule has 1 aliphatic rings. The van der Waals surface area contributed by atoms with Crippen molar-refractivity contribution < 1.29 is 10.2 Å². The van der Waals surface area contributed by atoms with Crippen LogP contribution in [0.2, 0.25) is 0 Å². The zero-order valence-corrected chi connectivity index (χ0v) is 9.29. The number of aliphatic hydroxyl groups excluding tert-OH is 2. The van der Waals surface area contributed by atoms with Crippen LogP contribution in [0.5, 0.6) is 0 Å². The smallest absolute Gasteiger partial charge is 0.0693 e. The summed E-state index contributed by atoms with van der Waals surface area (Å²) in [5, 5.41) is 22.3. The molecule has 0 aliphatic heterocycles. The van der Waals surface area contributed by atoms with Crippen LogP contribution in [0.3, 0.4) is 0 Å². The van der Waals surface area contributed by atoms with E-state index in [4.69, 9.17) is 5.11 Å². The van der Waals surface area contributed by atoms with Crippen LogP contribution in [0.4, 0.5) is 0 Å². The van der Waals surface area contributed by atoms with Gasteiger partial charge in [-0.05, 0) is 26.7 Å². The average Bonchev–Trinajstić information content (AvgIpc) is 2.32. The Morgan fingerprint density at radius 3 is 2.50 bits per heavy atom. The number of hydrogen-bond donors (Lipinski definition) is 3. The van der Waals surface area contributed by atoms with Gasteiger partial charge in [-0.15, -0.1) is 0 Å². The average molecular weight is 201 g/mol. The van der Waals surface area contributed by atoms with Crippen molar-refractivity contribution in [3.05, 3.63) is 0 Å². The second-order valence-corrected chi connectivity index (χ2v) is 5.00. The van der Waals surface area contributed by atoms with Gasteiger partial charge in [0.1, 0.15) is 0 Å². The van der Waals surface area contributed by atoms with Crippen LogP contribution in [0, 0.1) is 0 Å². The molecule has 1 saturated carbocycles. The van der Waals surface area contributed by atoms with Gasteiger partial charge in [-0.3, -0.25) is 0 Å². The SMILES string of the molecule is CC(C)(CO)NC1CCCCCC1O. The summed E-state index contributed by atoms with van der Waals surface area (Å²) >= 11 is 0. The molecule has 0 aromatic heterocycles. The van der Waals surface area contributed by atoms with E-state index >= 15 is 0 Å². The first-order valence-corrected chi connectivity index (χ1v) is 5.62. The Bertz CT molecular complexity index is 171. The summed E-state index contributed by atoms with van der Waals surface area (Å²) in [7, 11) is 0. The van der Waals surface area contributed by atoms with E-state index < -0.39 is 0 Å². The number of rotatable bonds is 3. The highest BCUT2D eigenvalue weighted by Crippen LogP contribution is 2.19. The molecular weight excluding hydrogens is 178 g/mol. The van der Waals surface area contributed by atoms with Crippen molar-refractivity contribution in [2.45, 2.75) is 63.6 Å². The fraction of sp³-hybridized carbons (Fsp3) is 1.00. The van der Waals surface area contributed by atoms with Crippen LogP contribution in [-0.2, 0) is 0 Å². The third-order valence-electron chi connectivity index (χ3n) is 2.95. The maximum atomic E-state index is 9.86. The molecule has 0 bridgehead atoms. The number of aliphatic hydroxyl groups is 2. The van der Waals surface area contributed by atoms with Gasteiger partial charge in [-0.2, -0.15) is 0 Å². The lowest BCUT2D eigenvalue weighted by atomic mass is 10.00. The number of nitrogens with one attached hydrogen (secondary N) is 1. The monoisotopic (exact) mass is 201 g/mol. The number of hydrogen-bond acceptors (Lipinski definition) is 3. The van der Waals surface area contributed by atoms with E-state index in [-0.39, 0.29) is 24.3 Å². The van der Waals surface area contributed by atoms with Gasteiger partial charge < -0.3 is 15.5 Å². The molecule has 84 valence electrons. The van der Waals surface area contributed by atoms with Crippen molar-refractivity contribution in [3.8, 4) is 0 Å². The van der Waals surface area contributed by atoms with Gasteiger partial charge in [0, 0.05) is 11.6 Å². The molecule has 3 N–H and O–H groups in total. The summed E-state index contributed by atoms with van der Waals surface area (Å²) in [6.07, 6.45) is 5.18. The van der Waals surface area contributed by atoms with Gasteiger partial charge in [0.05, 0.1) is 12.7 Å². The summed E-state index contributed by atoms with van der Waals surface area (Å²) in [6.45, 7) is 4.03. The zero-order chi connectivity index (χ0) is 10.6. The van der Waals surface area contributed by atoms with Crippen LogP contribution in [0.1, 0.15) is 46.0 Å². The van der Waals surface area contributed by atoms with E-state index in [1.807, 2.05) is 13.8 Å². The highest BCUT2D eigenvalue weighted by Gasteiger charge is 2.27. The molecule has 2 unspecified atom stereocenters. The topological polar surface area (TPSA) is 52.5 Å². The predicted molar refractivity (Wildman–Crippen MR) is 57.2 cm³/mol. The third-order valence-corrected chi connectivity index (χ3v) is 2.95. The van der Waals surface area contributed by atoms with Gasteiger partial charge >= 0.3 is 0 Å². The lowest BCUT2D eigenvalue weighted by molar-refractivity contribution is 0.0870. The molecule has 14 heavy (non-hydrogen) atoms. The Hall–Kier alpha value is -0.120. The van der Waals surface area contributed by atoms with Crippen molar-refractivity contribution in [1.29, 1.82) is 0 Å². The first-order chi connectivity index (χ1) is 6.55. The van der Waals surface area contributed by atoms with E-state index in [0.29, 0.717) is 0 Å². The van der Waals surface area contributed by atoms with Crippen LogP contribution in [0.25, 0.3) is 0 Å². The molecule has 0 saturated heterocycles. The third kappa shape index (κ3) is 3.56. The van der Waals surface area contributed by atoms with Gasteiger partial charge in [0.25, 0.3) is 0 Å². The van der Waals surface area contributed by atoms with Crippen molar-refractivity contribution in [2.24, 2.45) is 0 Å². The lowest BCUT2D eigenvalue weighted by Gasteiger charge is -2.32. The minimum Gasteiger partial charge on any atom is -0.394 e. The molecule has 1 rings (SSSR count). The molecule has 3 nitrogen and oxygen atoms in total. The normalized spacial score (nSPS) is 30.0. The lowest BCUT2D eigenvalue weighted by Crippen LogP contribution is -2.52. The fourth-order valence-electron chi connectivity index (χ4n) is 2.00. The maximum Gasteiger partial charge on any atom is 0.0693 e. The molecule has 0 spiro atoms. The molecular formula is C11H23NO2. The minimum atomic E-state index is -0.282. The van der Waals surface area contributed by atoms with Crippen molar-refractivity contribution >= 4 is 0 Å². The minimum absolute atomic E-state index is 0.107. The van der Waals surface area contributed by atoms with Crippen molar-refractivity contribution in [3.63, 3.8) is 0 Å². The van der Waals surface area contributed by atoms with Gasteiger partial charge in [0.15, 0.2) is 0 Å². The molecule has 1 fully saturated rings. The maximum absolute atomic E-state index is 9.86. The van der Waals surface area contributed by atoms with E-state index in [1.54, 1.807) is 0 Å². The highest BCUT2D eigenvalue weighted by molar-refractivity contribution is 4.86. The van der Waals surface area contributed by atoms with Crippen molar-refractivity contribution in [1.82, 2.24) is 5.32 Å². The Morgan fingerprint density at radius 2 is 1.86 bits per heavy atom. The summed E-state index contributed by atoms with van der Waals surface area (Å²) < 4.78 is 0. The van der Waals surface area contributed by atoms with E-state index in [2.05, 4.69) is 5.32 Å². The molecule has 0 amide bonds. The largest absolute Gasteiger partial charge is 0.394 e. The molecule has 0 aromatic carbocycles. The summed E-state index contributed by atoms with van der Waals surface area (Å²) in [4.78, 5) is 0. The van der Waals surface area contributed by atoms with Gasteiger partial charge in [-0.25, -0.2) is 0 Å². The first-order valence-electron chi connectivity index (χ1n) is 5.62. The standard InChI is InChI=1S/C11H23NO2/c1-11(2,8-13)12-9-6-4-3-5-7-10(9)14/h9-10,12-14H,3-8H2,1-2H3. The predicted octanol–water partition coefficient (Wildman–Crippen LogP) is 1.04. The zero-order valence-electron chi connectivity index (χ0n) is 9.29. The molecule has 1 aliphatic carbocycles. The van der Waals surface area contributed by atoms with Gasteiger partial charge in [-0.1, -0.05) is 19.3 Å². The molecule has 0 heterocycles. The molecule has 3 heteroatoms. The Morgan fingerprint density at radius 1 is 1.21 bits per heavy atom. The second-order valence-electron chi connectivity index (χ2n) is 5.00. The first kappa shape index (κ1) is 12.0. The Kier molecular flexibility index (Phi) is 4.35. The summed E-state index contributed by atoms with van der Waals surface area (Å²) in [5.41, 5.74) is -0.282. The van der Waals surface area contributed by atoms with Gasteiger partial charge in [0.2, 0.25) is 0 Å². The van der Waals surface area contributed by atoms with E-state index in [0.717, 1.165) is 19.3 Å². The summed E-state index contributed by atoms with van der Waals surface area (Å²) in [5.74, 6) is 0. The molecule has 0 aromatic rings. The highest BCUT2D eigenvalue weighted by atomic mass is 16.3. The Labute approximate surface area is 86.5 Å². The van der Waals surface area contributed by atoms with E-state index in [9.17, 15) is 5.11 Å². The van der Waals surface area contributed by atoms with Crippen molar-refractivity contribution in [2.75, 3.05) is 6.61 Å². The summed E-state index contributed by atoms with van der Waals surface area (Å²) in [6, 6.07) is 0.152. The second kappa shape index (κ2) is 5.10. The van der Waals surface area contributed by atoms with Crippen LogP contribution >= 0.6 is 0 Å². The van der Waals surface area contributed by atoms with Crippen LogP contribution in [-0.4, -0.2) is 34.5 Å². The van der Waals surface area contributed by atoms with E-state index in [1.165, 1.54) is 12.8 Å². The quantitative estimate of drug-likeness (QED) is 0.598.